The Balaban J connectivity index is 2.25. The Morgan fingerprint density at radius 3 is 2.42 bits per heavy atom. The van der Waals surface area contributed by atoms with Gasteiger partial charge in [0.15, 0.2) is 0 Å². The lowest BCUT2D eigenvalue weighted by Gasteiger charge is -2.18. The molecule has 0 saturated carbocycles. The third kappa shape index (κ3) is 3.37. The minimum atomic E-state index is -0.812. The van der Waals surface area contributed by atoms with Crippen LogP contribution in [0.25, 0.3) is 0 Å². The van der Waals surface area contributed by atoms with E-state index in [1.807, 2.05) is 60.3 Å². The minimum absolute atomic E-state index is 0.0582. The van der Waals surface area contributed by atoms with Gasteiger partial charge in [0.05, 0.1) is 19.1 Å². The highest BCUT2D eigenvalue weighted by Crippen LogP contribution is 2.24. The van der Waals surface area contributed by atoms with Gasteiger partial charge >= 0.3 is 5.97 Å². The van der Waals surface area contributed by atoms with Crippen molar-refractivity contribution in [2.24, 2.45) is 0 Å². The molecular weight excluding hydrogens is 242 g/mol. The molecule has 1 aromatic carbocycles. The zero-order valence-corrected chi connectivity index (χ0v) is 10.8. The zero-order valence-electron chi connectivity index (χ0n) is 10.8. The van der Waals surface area contributed by atoms with Crippen LogP contribution in [-0.4, -0.2) is 22.2 Å². The Kier molecular flexibility index (Phi) is 4.23. The standard InChI is InChI=1S/C15H17NO3/c1-2-19-13-7-5-12(6-8-13)14(11-15(17)18)16-9-3-4-10-16/h3-10,14H,2,11H2,1H3,(H,17,18)/t14-/m1/s1. The fourth-order valence-electron chi connectivity index (χ4n) is 2.07. The number of rotatable bonds is 6. The van der Waals surface area contributed by atoms with E-state index < -0.39 is 5.97 Å². The molecule has 0 radical (unpaired) electrons. The Morgan fingerprint density at radius 2 is 1.89 bits per heavy atom. The topological polar surface area (TPSA) is 51.5 Å². The molecule has 1 atom stereocenters. The van der Waals surface area contributed by atoms with E-state index in [0.29, 0.717) is 6.61 Å². The highest BCUT2D eigenvalue weighted by Gasteiger charge is 2.16. The summed E-state index contributed by atoms with van der Waals surface area (Å²) in [6.07, 6.45) is 3.82. The first-order valence-electron chi connectivity index (χ1n) is 6.27. The predicted molar refractivity (Wildman–Crippen MR) is 72.4 cm³/mol. The molecule has 0 spiro atoms. The number of carbonyl (C=O) groups is 1. The van der Waals surface area contributed by atoms with Crippen LogP contribution in [0, 0.1) is 0 Å². The summed E-state index contributed by atoms with van der Waals surface area (Å²) in [4.78, 5) is 11.0. The first-order valence-corrected chi connectivity index (χ1v) is 6.27. The van der Waals surface area contributed by atoms with E-state index in [-0.39, 0.29) is 12.5 Å². The number of benzene rings is 1. The van der Waals surface area contributed by atoms with Crippen molar-refractivity contribution in [2.75, 3.05) is 6.61 Å². The van der Waals surface area contributed by atoms with Crippen LogP contribution >= 0.6 is 0 Å². The summed E-state index contributed by atoms with van der Waals surface area (Å²) in [5.74, 6) is -0.0135. The number of hydrogen-bond acceptors (Lipinski definition) is 2. The van der Waals surface area contributed by atoms with Crippen LogP contribution in [0.5, 0.6) is 5.75 Å². The van der Waals surface area contributed by atoms with Gasteiger partial charge in [0, 0.05) is 12.4 Å². The van der Waals surface area contributed by atoms with E-state index in [1.54, 1.807) is 0 Å². The largest absolute Gasteiger partial charge is 0.494 e. The van der Waals surface area contributed by atoms with Gasteiger partial charge in [-0.25, -0.2) is 0 Å². The molecule has 100 valence electrons. The van der Waals surface area contributed by atoms with Gasteiger partial charge in [-0.15, -0.1) is 0 Å². The molecule has 0 saturated heterocycles. The molecular formula is C15H17NO3. The molecule has 0 unspecified atom stereocenters. The molecule has 4 nitrogen and oxygen atoms in total. The SMILES string of the molecule is CCOc1ccc([C@@H](CC(=O)O)n2cccc2)cc1. The van der Waals surface area contributed by atoms with E-state index in [1.165, 1.54) is 0 Å². The van der Waals surface area contributed by atoms with Crippen LogP contribution < -0.4 is 4.74 Å². The zero-order chi connectivity index (χ0) is 13.7. The second-order valence-corrected chi connectivity index (χ2v) is 4.25. The number of carboxylic acid groups (broad SMARTS) is 1. The molecule has 2 rings (SSSR count). The van der Waals surface area contributed by atoms with Gasteiger partial charge in [-0.3, -0.25) is 4.79 Å². The lowest BCUT2D eigenvalue weighted by atomic mass is 10.0. The van der Waals surface area contributed by atoms with Crippen molar-refractivity contribution < 1.29 is 14.6 Å². The predicted octanol–water partition coefficient (Wildman–Crippen LogP) is 2.95. The molecule has 0 aliphatic rings. The van der Waals surface area contributed by atoms with Crippen LogP contribution in [0.2, 0.25) is 0 Å². The smallest absolute Gasteiger partial charge is 0.305 e. The van der Waals surface area contributed by atoms with E-state index in [9.17, 15) is 4.79 Å². The van der Waals surface area contributed by atoms with Gasteiger partial charge in [-0.1, -0.05) is 12.1 Å². The molecule has 0 aliphatic heterocycles. The molecule has 1 heterocycles. The van der Waals surface area contributed by atoms with Crippen LogP contribution in [0.3, 0.4) is 0 Å². The lowest BCUT2D eigenvalue weighted by Crippen LogP contribution is -2.13. The number of nitrogens with zero attached hydrogens (tertiary/aromatic N) is 1. The van der Waals surface area contributed by atoms with E-state index in [2.05, 4.69) is 0 Å². The number of ether oxygens (including phenoxy) is 1. The summed E-state index contributed by atoms with van der Waals surface area (Å²) in [6.45, 7) is 2.55. The van der Waals surface area contributed by atoms with Crippen LogP contribution in [0.1, 0.15) is 24.9 Å². The summed E-state index contributed by atoms with van der Waals surface area (Å²) in [6, 6.07) is 11.2. The third-order valence-electron chi connectivity index (χ3n) is 2.93. The van der Waals surface area contributed by atoms with Gasteiger partial charge in [-0.05, 0) is 36.8 Å². The molecule has 19 heavy (non-hydrogen) atoms. The number of carboxylic acids is 1. The summed E-state index contributed by atoms with van der Waals surface area (Å²) in [7, 11) is 0. The summed E-state index contributed by atoms with van der Waals surface area (Å²) in [5.41, 5.74) is 0.960. The normalized spacial score (nSPS) is 12.1. The van der Waals surface area contributed by atoms with Gasteiger partial charge in [0.25, 0.3) is 0 Å². The lowest BCUT2D eigenvalue weighted by molar-refractivity contribution is -0.137. The summed E-state index contributed by atoms with van der Waals surface area (Å²) < 4.78 is 7.30. The Hall–Kier alpha value is -2.23. The molecule has 1 N–H and O–H groups in total. The molecule has 2 aromatic rings. The van der Waals surface area contributed by atoms with Crippen molar-refractivity contribution in [1.29, 1.82) is 0 Å². The average molecular weight is 259 g/mol. The Labute approximate surface area is 112 Å². The minimum Gasteiger partial charge on any atom is -0.494 e. The van der Waals surface area contributed by atoms with Gasteiger partial charge in [0.2, 0.25) is 0 Å². The number of hydrogen-bond donors (Lipinski definition) is 1. The average Bonchev–Trinajstić information content (AvgIpc) is 2.91. The van der Waals surface area contributed by atoms with E-state index in [4.69, 9.17) is 9.84 Å². The fraction of sp³-hybridized carbons (Fsp3) is 0.267. The fourth-order valence-corrected chi connectivity index (χ4v) is 2.07. The van der Waals surface area contributed by atoms with Crippen LogP contribution in [0.4, 0.5) is 0 Å². The van der Waals surface area contributed by atoms with Crippen molar-refractivity contribution in [3.05, 3.63) is 54.4 Å². The number of aliphatic carboxylic acids is 1. The van der Waals surface area contributed by atoms with Crippen LogP contribution in [-0.2, 0) is 4.79 Å². The molecule has 0 fully saturated rings. The van der Waals surface area contributed by atoms with Gasteiger partial charge < -0.3 is 14.4 Å². The Morgan fingerprint density at radius 1 is 1.26 bits per heavy atom. The monoisotopic (exact) mass is 259 g/mol. The molecule has 1 aromatic heterocycles. The maximum Gasteiger partial charge on any atom is 0.305 e. The summed E-state index contributed by atoms with van der Waals surface area (Å²) >= 11 is 0. The molecule has 0 bridgehead atoms. The van der Waals surface area contributed by atoms with E-state index >= 15 is 0 Å². The van der Waals surface area contributed by atoms with E-state index in [0.717, 1.165) is 11.3 Å². The number of aromatic nitrogens is 1. The van der Waals surface area contributed by atoms with Gasteiger partial charge in [-0.2, -0.15) is 0 Å². The maximum atomic E-state index is 11.0. The van der Waals surface area contributed by atoms with Crippen molar-refractivity contribution >= 4 is 5.97 Å². The first kappa shape index (κ1) is 13.2. The molecule has 4 heteroatoms. The summed E-state index contributed by atoms with van der Waals surface area (Å²) in [5, 5.41) is 9.04. The maximum absolute atomic E-state index is 11.0. The Bertz CT molecular complexity index is 517. The van der Waals surface area contributed by atoms with Crippen molar-refractivity contribution in [1.82, 2.24) is 4.57 Å². The quantitative estimate of drug-likeness (QED) is 0.867. The second-order valence-electron chi connectivity index (χ2n) is 4.25. The second kappa shape index (κ2) is 6.09. The van der Waals surface area contributed by atoms with Crippen molar-refractivity contribution in [3.63, 3.8) is 0 Å². The van der Waals surface area contributed by atoms with Crippen molar-refractivity contribution in [3.8, 4) is 5.75 Å². The molecule has 0 aliphatic carbocycles. The third-order valence-corrected chi connectivity index (χ3v) is 2.93. The molecule has 0 amide bonds. The van der Waals surface area contributed by atoms with Crippen molar-refractivity contribution in [2.45, 2.75) is 19.4 Å². The van der Waals surface area contributed by atoms with Gasteiger partial charge in [0.1, 0.15) is 5.75 Å². The van der Waals surface area contributed by atoms with Crippen LogP contribution in [0.15, 0.2) is 48.8 Å². The highest BCUT2D eigenvalue weighted by molar-refractivity contribution is 5.68. The highest BCUT2D eigenvalue weighted by atomic mass is 16.5. The first-order chi connectivity index (χ1) is 9.20.